The first-order valence-electron chi connectivity index (χ1n) is 6.85. The Labute approximate surface area is 112 Å². The Morgan fingerprint density at radius 3 is 1.68 bits per heavy atom. The Kier molecular flexibility index (Phi) is 3.01. The van der Waals surface area contributed by atoms with Gasteiger partial charge in [0.15, 0.2) is 0 Å². The largest absolute Gasteiger partial charge is 0.326 e. The third-order valence-corrected chi connectivity index (χ3v) is 3.51. The van der Waals surface area contributed by atoms with E-state index in [1.54, 1.807) is 0 Å². The fraction of sp³-hybridized carbons (Fsp3) is 0.467. The monoisotopic (exact) mass is 258 g/mol. The third kappa shape index (κ3) is 3.13. The molecule has 0 spiro atoms. The van der Waals surface area contributed by atoms with Gasteiger partial charge in [-0.05, 0) is 56.4 Å². The molecule has 2 saturated carbocycles. The number of nitrogens with one attached hydrogen (secondary N) is 2. The van der Waals surface area contributed by atoms with Crippen molar-refractivity contribution in [1.82, 2.24) is 0 Å². The minimum atomic E-state index is 0.0880. The summed E-state index contributed by atoms with van der Waals surface area (Å²) >= 11 is 0. The summed E-state index contributed by atoms with van der Waals surface area (Å²) < 4.78 is 0. The molecule has 0 saturated heterocycles. The molecule has 4 heteroatoms. The second-order valence-electron chi connectivity index (χ2n) is 5.61. The van der Waals surface area contributed by atoms with Crippen LogP contribution in [0.2, 0.25) is 0 Å². The number of amides is 2. The first-order valence-corrected chi connectivity index (χ1v) is 6.85. The van der Waals surface area contributed by atoms with E-state index in [2.05, 4.69) is 10.6 Å². The Hall–Kier alpha value is -1.84. The molecule has 2 amide bonds. The quantitative estimate of drug-likeness (QED) is 0.872. The van der Waals surface area contributed by atoms with Crippen molar-refractivity contribution in [3.63, 3.8) is 0 Å². The van der Waals surface area contributed by atoms with Gasteiger partial charge in [-0.1, -0.05) is 0 Å². The van der Waals surface area contributed by atoms with Crippen LogP contribution >= 0.6 is 0 Å². The van der Waals surface area contributed by atoms with Gasteiger partial charge >= 0.3 is 0 Å². The molecule has 3 rings (SSSR count). The highest BCUT2D eigenvalue weighted by Crippen LogP contribution is 2.32. The Morgan fingerprint density at radius 1 is 0.895 bits per heavy atom. The van der Waals surface area contributed by atoms with Gasteiger partial charge in [-0.25, -0.2) is 0 Å². The average Bonchev–Trinajstić information content (AvgIpc) is 3.19. The molecule has 0 heterocycles. The van der Waals surface area contributed by atoms with Crippen molar-refractivity contribution < 1.29 is 9.59 Å². The van der Waals surface area contributed by atoms with Crippen LogP contribution in [0.4, 0.5) is 11.4 Å². The minimum absolute atomic E-state index is 0.0880. The van der Waals surface area contributed by atoms with Crippen molar-refractivity contribution in [3.05, 3.63) is 23.8 Å². The van der Waals surface area contributed by atoms with E-state index in [1.807, 2.05) is 25.1 Å². The summed E-state index contributed by atoms with van der Waals surface area (Å²) in [5.41, 5.74) is 2.56. The zero-order chi connectivity index (χ0) is 13.4. The summed E-state index contributed by atoms with van der Waals surface area (Å²) in [6.45, 7) is 1.96. The first kappa shape index (κ1) is 12.2. The number of carbonyl (C=O) groups excluding carboxylic acids is 2. The number of benzene rings is 1. The molecule has 1 aromatic rings. The van der Waals surface area contributed by atoms with Crippen molar-refractivity contribution in [3.8, 4) is 0 Å². The second-order valence-corrected chi connectivity index (χ2v) is 5.61. The van der Waals surface area contributed by atoms with E-state index in [0.29, 0.717) is 0 Å². The number of anilines is 2. The molecule has 19 heavy (non-hydrogen) atoms. The summed E-state index contributed by atoms with van der Waals surface area (Å²) in [4.78, 5) is 23.5. The molecule has 2 N–H and O–H groups in total. The SMILES string of the molecule is Cc1cc(NC(=O)C2CC2)cc(NC(=O)C2CC2)c1. The van der Waals surface area contributed by atoms with Gasteiger partial charge in [0.1, 0.15) is 0 Å². The van der Waals surface area contributed by atoms with Crippen LogP contribution in [-0.4, -0.2) is 11.8 Å². The van der Waals surface area contributed by atoms with Crippen LogP contribution in [0.1, 0.15) is 31.2 Å². The molecule has 0 bridgehead atoms. The number of hydrogen-bond donors (Lipinski definition) is 2. The summed E-state index contributed by atoms with van der Waals surface area (Å²) in [6, 6.07) is 5.67. The molecular formula is C15H18N2O2. The predicted molar refractivity (Wildman–Crippen MR) is 73.9 cm³/mol. The third-order valence-electron chi connectivity index (χ3n) is 3.51. The molecule has 0 aliphatic heterocycles. The van der Waals surface area contributed by atoms with Gasteiger partial charge in [0.2, 0.25) is 11.8 Å². The molecule has 0 unspecified atom stereocenters. The van der Waals surface area contributed by atoms with Gasteiger partial charge in [0.25, 0.3) is 0 Å². The smallest absolute Gasteiger partial charge is 0.227 e. The Morgan fingerprint density at radius 2 is 1.32 bits per heavy atom. The second kappa shape index (κ2) is 4.68. The fourth-order valence-corrected chi connectivity index (χ4v) is 2.11. The molecule has 100 valence electrons. The summed E-state index contributed by atoms with van der Waals surface area (Å²) in [6.07, 6.45) is 3.96. The highest BCUT2D eigenvalue weighted by atomic mass is 16.2. The molecular weight excluding hydrogens is 240 g/mol. The fourth-order valence-electron chi connectivity index (χ4n) is 2.11. The molecule has 2 aliphatic carbocycles. The van der Waals surface area contributed by atoms with Crippen molar-refractivity contribution in [2.24, 2.45) is 11.8 Å². The maximum atomic E-state index is 11.7. The van der Waals surface area contributed by atoms with Crippen LogP contribution in [0.25, 0.3) is 0 Å². The summed E-state index contributed by atoms with van der Waals surface area (Å²) in [5, 5.41) is 5.83. The van der Waals surface area contributed by atoms with Crippen molar-refractivity contribution in [1.29, 1.82) is 0 Å². The number of aryl methyl sites for hydroxylation is 1. The van der Waals surface area contributed by atoms with E-state index in [4.69, 9.17) is 0 Å². The van der Waals surface area contributed by atoms with Crippen molar-refractivity contribution >= 4 is 23.2 Å². The molecule has 2 aliphatic rings. The minimum Gasteiger partial charge on any atom is -0.326 e. The Bertz CT molecular complexity index is 487. The van der Waals surface area contributed by atoms with Crippen molar-refractivity contribution in [2.75, 3.05) is 10.6 Å². The first-order chi connectivity index (χ1) is 9.11. The zero-order valence-electron chi connectivity index (χ0n) is 11.0. The number of hydrogen-bond acceptors (Lipinski definition) is 2. The van der Waals surface area contributed by atoms with Gasteiger partial charge in [-0.15, -0.1) is 0 Å². The number of carbonyl (C=O) groups is 2. The molecule has 4 nitrogen and oxygen atoms in total. The lowest BCUT2D eigenvalue weighted by Gasteiger charge is -2.10. The maximum Gasteiger partial charge on any atom is 0.227 e. The standard InChI is InChI=1S/C15H18N2O2/c1-9-6-12(16-14(18)10-2-3-10)8-13(7-9)17-15(19)11-4-5-11/h6-8,10-11H,2-5H2,1H3,(H,16,18)(H,17,19). The van der Waals surface area contributed by atoms with Crippen LogP contribution < -0.4 is 10.6 Å². The predicted octanol–water partition coefficient (Wildman–Crippen LogP) is 2.69. The van der Waals surface area contributed by atoms with E-state index in [9.17, 15) is 9.59 Å². The van der Waals surface area contributed by atoms with E-state index >= 15 is 0 Å². The van der Waals surface area contributed by atoms with Crippen LogP contribution in [0.5, 0.6) is 0 Å². The van der Waals surface area contributed by atoms with Crippen LogP contribution in [-0.2, 0) is 9.59 Å². The number of rotatable bonds is 4. The lowest BCUT2D eigenvalue weighted by Crippen LogP contribution is -2.15. The molecule has 0 atom stereocenters. The lowest BCUT2D eigenvalue weighted by atomic mass is 10.2. The summed E-state index contributed by atoms with van der Waals surface area (Å²) in [5.74, 6) is 0.546. The molecule has 1 aromatic carbocycles. The van der Waals surface area contributed by atoms with Gasteiger partial charge < -0.3 is 10.6 Å². The van der Waals surface area contributed by atoms with Crippen LogP contribution in [0.3, 0.4) is 0 Å². The van der Waals surface area contributed by atoms with Crippen molar-refractivity contribution in [2.45, 2.75) is 32.6 Å². The normalized spacial score (nSPS) is 17.9. The van der Waals surface area contributed by atoms with Gasteiger partial charge in [0, 0.05) is 23.2 Å². The van der Waals surface area contributed by atoms with Crippen LogP contribution in [0, 0.1) is 18.8 Å². The highest BCUT2D eigenvalue weighted by molar-refractivity contribution is 5.97. The van der Waals surface area contributed by atoms with Crippen LogP contribution in [0.15, 0.2) is 18.2 Å². The highest BCUT2D eigenvalue weighted by Gasteiger charge is 2.30. The lowest BCUT2D eigenvalue weighted by molar-refractivity contribution is -0.118. The molecule has 2 fully saturated rings. The molecule has 0 aromatic heterocycles. The van der Waals surface area contributed by atoms with E-state index in [0.717, 1.165) is 42.6 Å². The summed E-state index contributed by atoms with van der Waals surface area (Å²) in [7, 11) is 0. The van der Waals surface area contributed by atoms with E-state index in [1.165, 1.54) is 0 Å². The Balaban J connectivity index is 1.70. The topological polar surface area (TPSA) is 58.2 Å². The van der Waals surface area contributed by atoms with Gasteiger partial charge in [-0.2, -0.15) is 0 Å². The van der Waals surface area contributed by atoms with Gasteiger partial charge in [-0.3, -0.25) is 9.59 Å². The average molecular weight is 258 g/mol. The van der Waals surface area contributed by atoms with E-state index in [-0.39, 0.29) is 23.7 Å². The molecule has 0 radical (unpaired) electrons. The van der Waals surface area contributed by atoms with Gasteiger partial charge in [0.05, 0.1) is 0 Å². The van der Waals surface area contributed by atoms with E-state index < -0.39 is 0 Å². The maximum absolute atomic E-state index is 11.7. The zero-order valence-corrected chi connectivity index (χ0v) is 11.0.